The summed E-state index contributed by atoms with van der Waals surface area (Å²) < 4.78 is -0.712. The normalized spacial score (nSPS) is 16.8. The second-order valence-corrected chi connectivity index (χ2v) is 11.8. The van der Waals surface area contributed by atoms with Crippen LogP contribution in [-0.4, -0.2) is 67.5 Å². The molecule has 3 rings (SSSR count). The number of nitrogens with zero attached hydrogens (tertiary/aromatic N) is 1. The van der Waals surface area contributed by atoms with Crippen molar-refractivity contribution >= 4 is 70.3 Å². The SMILES string of the molecule is CC1(C)SCN(C(=O)CCC(=O)O)[C@H]1C(=O)NC(Cc1ccc(NC(=O)c2c(Cl)cccc2Cl)cc1)C(=O)O. The van der Waals surface area contributed by atoms with Crippen LogP contribution < -0.4 is 10.6 Å². The molecule has 2 aromatic carbocycles. The number of carbonyl (C=O) groups is 5. The van der Waals surface area contributed by atoms with Gasteiger partial charge in [-0.15, -0.1) is 11.8 Å². The zero-order chi connectivity index (χ0) is 28.9. The maximum atomic E-state index is 13.2. The molecule has 0 aliphatic carbocycles. The van der Waals surface area contributed by atoms with Crippen molar-refractivity contribution in [1.29, 1.82) is 0 Å². The molecule has 0 aromatic heterocycles. The van der Waals surface area contributed by atoms with E-state index in [1.165, 1.54) is 16.7 Å². The third kappa shape index (κ3) is 7.65. The van der Waals surface area contributed by atoms with Gasteiger partial charge in [0.1, 0.15) is 12.1 Å². The Bertz CT molecular complexity index is 1270. The van der Waals surface area contributed by atoms with E-state index in [1.807, 2.05) is 0 Å². The first-order valence-corrected chi connectivity index (χ1v) is 13.6. The number of hydrogen-bond acceptors (Lipinski definition) is 6. The van der Waals surface area contributed by atoms with Crippen LogP contribution in [0.3, 0.4) is 0 Å². The molecule has 0 bridgehead atoms. The molecule has 1 unspecified atom stereocenters. The van der Waals surface area contributed by atoms with Gasteiger partial charge in [0.25, 0.3) is 5.91 Å². The maximum Gasteiger partial charge on any atom is 0.326 e. The van der Waals surface area contributed by atoms with E-state index < -0.39 is 46.5 Å². The van der Waals surface area contributed by atoms with Gasteiger partial charge in [-0.05, 0) is 43.7 Å². The fraction of sp³-hybridized carbons (Fsp3) is 0.346. The Labute approximate surface area is 239 Å². The summed E-state index contributed by atoms with van der Waals surface area (Å²) in [5, 5.41) is 24.3. The predicted octanol–water partition coefficient (Wildman–Crippen LogP) is 3.90. The van der Waals surface area contributed by atoms with Gasteiger partial charge in [-0.1, -0.05) is 41.4 Å². The minimum Gasteiger partial charge on any atom is -0.481 e. The molecule has 2 atom stereocenters. The van der Waals surface area contributed by atoms with Crippen LogP contribution in [0.25, 0.3) is 0 Å². The molecule has 13 heteroatoms. The number of thioether (sulfide) groups is 1. The molecule has 1 fully saturated rings. The molecule has 208 valence electrons. The van der Waals surface area contributed by atoms with Gasteiger partial charge in [-0.3, -0.25) is 19.2 Å². The van der Waals surface area contributed by atoms with Gasteiger partial charge in [0.15, 0.2) is 0 Å². The van der Waals surface area contributed by atoms with E-state index in [2.05, 4.69) is 10.6 Å². The smallest absolute Gasteiger partial charge is 0.326 e. The molecule has 39 heavy (non-hydrogen) atoms. The summed E-state index contributed by atoms with van der Waals surface area (Å²) in [6.07, 6.45) is -0.684. The first kappa shape index (κ1) is 30.3. The van der Waals surface area contributed by atoms with Crippen molar-refractivity contribution in [2.24, 2.45) is 0 Å². The van der Waals surface area contributed by atoms with E-state index >= 15 is 0 Å². The minimum absolute atomic E-state index is 0.0567. The average molecular weight is 596 g/mol. The topological polar surface area (TPSA) is 153 Å². The molecular formula is C26H27Cl2N3O7S. The van der Waals surface area contributed by atoms with Crippen LogP contribution in [0, 0.1) is 0 Å². The second-order valence-electron chi connectivity index (χ2n) is 9.39. The standard InChI is InChI=1S/C26H27Cl2N3O7S/c1-26(2)22(31(13-39-26)19(32)10-11-20(33)34)24(36)30-18(25(37)38)12-14-6-8-15(9-7-14)29-23(35)21-16(27)4-3-5-17(21)28/h3-9,18,22H,10-13H2,1-2H3,(H,29,35)(H,30,36)(H,33,34)(H,37,38)/t18?,22-/m0/s1. The Balaban J connectivity index is 1.68. The number of carboxylic acids is 2. The van der Waals surface area contributed by atoms with E-state index in [1.54, 1.807) is 56.3 Å². The minimum atomic E-state index is -1.29. The largest absolute Gasteiger partial charge is 0.481 e. The van der Waals surface area contributed by atoms with Crippen molar-refractivity contribution in [3.63, 3.8) is 0 Å². The first-order chi connectivity index (χ1) is 18.3. The van der Waals surface area contributed by atoms with Crippen LogP contribution in [-0.2, 0) is 25.6 Å². The lowest BCUT2D eigenvalue weighted by Crippen LogP contribution is -2.56. The maximum absolute atomic E-state index is 13.2. The summed E-state index contributed by atoms with van der Waals surface area (Å²) in [4.78, 5) is 62.6. The summed E-state index contributed by atoms with van der Waals surface area (Å²) in [6, 6.07) is 8.83. The molecule has 1 aliphatic heterocycles. The molecule has 0 saturated carbocycles. The summed E-state index contributed by atoms with van der Waals surface area (Å²) >= 11 is 13.5. The summed E-state index contributed by atoms with van der Waals surface area (Å²) in [5.74, 6) is -3.83. The molecule has 1 aliphatic rings. The lowest BCUT2D eigenvalue weighted by atomic mass is 9.99. The number of halogens is 2. The van der Waals surface area contributed by atoms with Gasteiger partial charge < -0.3 is 25.7 Å². The number of carbonyl (C=O) groups excluding carboxylic acids is 3. The summed E-state index contributed by atoms with van der Waals surface area (Å²) in [5.41, 5.74) is 1.13. The van der Waals surface area contributed by atoms with Crippen molar-refractivity contribution in [1.82, 2.24) is 10.2 Å². The summed E-state index contributed by atoms with van der Waals surface area (Å²) in [7, 11) is 0. The Hall–Kier alpha value is -3.28. The number of aliphatic carboxylic acids is 2. The van der Waals surface area contributed by atoms with E-state index in [9.17, 15) is 29.1 Å². The van der Waals surface area contributed by atoms with Gasteiger partial charge >= 0.3 is 11.9 Å². The number of nitrogens with one attached hydrogen (secondary N) is 2. The van der Waals surface area contributed by atoms with Crippen LogP contribution >= 0.6 is 35.0 Å². The van der Waals surface area contributed by atoms with Gasteiger partial charge in [0.2, 0.25) is 11.8 Å². The van der Waals surface area contributed by atoms with Crippen LogP contribution in [0.1, 0.15) is 42.6 Å². The Morgan fingerprint density at radius 1 is 1.03 bits per heavy atom. The number of benzene rings is 2. The zero-order valence-electron chi connectivity index (χ0n) is 21.1. The molecule has 3 amide bonds. The Kier molecular flexibility index (Phi) is 9.87. The van der Waals surface area contributed by atoms with Gasteiger partial charge in [-0.2, -0.15) is 0 Å². The monoisotopic (exact) mass is 595 g/mol. The lowest BCUT2D eigenvalue weighted by Gasteiger charge is -2.31. The highest BCUT2D eigenvalue weighted by Gasteiger charge is 2.48. The lowest BCUT2D eigenvalue weighted by molar-refractivity contribution is -0.145. The zero-order valence-corrected chi connectivity index (χ0v) is 23.4. The van der Waals surface area contributed by atoms with Gasteiger partial charge in [0.05, 0.1) is 27.9 Å². The third-order valence-corrected chi connectivity index (χ3v) is 8.13. The number of amides is 3. The highest BCUT2D eigenvalue weighted by atomic mass is 35.5. The van der Waals surface area contributed by atoms with Crippen molar-refractivity contribution in [2.45, 2.75) is 49.9 Å². The van der Waals surface area contributed by atoms with Gasteiger partial charge in [-0.25, -0.2) is 4.79 Å². The number of hydrogen-bond donors (Lipinski definition) is 4. The number of carboxylic acid groups (broad SMARTS) is 2. The molecule has 4 N–H and O–H groups in total. The van der Waals surface area contributed by atoms with E-state index in [-0.39, 0.29) is 40.7 Å². The molecule has 1 saturated heterocycles. The van der Waals surface area contributed by atoms with Gasteiger partial charge in [0, 0.05) is 23.3 Å². The molecule has 2 aromatic rings. The quantitative estimate of drug-likeness (QED) is 0.322. The molecular weight excluding hydrogens is 569 g/mol. The van der Waals surface area contributed by atoms with Crippen molar-refractivity contribution in [3.8, 4) is 0 Å². The number of rotatable bonds is 10. The van der Waals surface area contributed by atoms with Crippen LogP contribution in [0.5, 0.6) is 0 Å². The van der Waals surface area contributed by atoms with Crippen LogP contribution in [0.4, 0.5) is 5.69 Å². The van der Waals surface area contributed by atoms with E-state index in [0.717, 1.165) is 0 Å². The molecule has 1 heterocycles. The number of anilines is 1. The fourth-order valence-corrected chi connectivity index (χ4v) is 5.84. The highest BCUT2D eigenvalue weighted by molar-refractivity contribution is 8.00. The van der Waals surface area contributed by atoms with Crippen molar-refractivity contribution in [2.75, 3.05) is 11.2 Å². The Morgan fingerprint density at radius 2 is 1.64 bits per heavy atom. The van der Waals surface area contributed by atoms with E-state index in [4.69, 9.17) is 28.3 Å². The van der Waals surface area contributed by atoms with Crippen LogP contribution in [0.2, 0.25) is 10.0 Å². The highest BCUT2D eigenvalue weighted by Crippen LogP contribution is 2.39. The van der Waals surface area contributed by atoms with E-state index in [0.29, 0.717) is 11.3 Å². The molecule has 0 radical (unpaired) electrons. The molecule has 10 nitrogen and oxygen atoms in total. The molecule has 0 spiro atoms. The van der Waals surface area contributed by atoms with Crippen LogP contribution in [0.15, 0.2) is 42.5 Å². The predicted molar refractivity (Wildman–Crippen MR) is 148 cm³/mol. The fourth-order valence-electron chi connectivity index (χ4n) is 4.11. The second kappa shape index (κ2) is 12.7. The third-order valence-electron chi connectivity index (χ3n) is 6.12. The summed E-state index contributed by atoms with van der Waals surface area (Å²) in [6.45, 7) is 3.54. The Morgan fingerprint density at radius 3 is 2.21 bits per heavy atom. The average Bonchev–Trinajstić information content (AvgIpc) is 3.18. The van der Waals surface area contributed by atoms with Crippen molar-refractivity contribution < 1.29 is 34.2 Å². The van der Waals surface area contributed by atoms with Crippen molar-refractivity contribution in [3.05, 3.63) is 63.6 Å². The first-order valence-electron chi connectivity index (χ1n) is 11.8.